The predicted octanol–water partition coefficient (Wildman–Crippen LogP) is 3.72. The van der Waals surface area contributed by atoms with E-state index >= 15 is 0 Å². The first-order chi connectivity index (χ1) is 11.0. The SMILES string of the molecule is CC1SC2(C(=O)Nc3ccccc32)N(c2ccc(Br)cc2)C1=O. The lowest BCUT2D eigenvalue weighted by Gasteiger charge is -2.32. The van der Waals surface area contributed by atoms with Gasteiger partial charge in [0, 0.05) is 21.4 Å². The average Bonchev–Trinajstić information content (AvgIpc) is 2.97. The average molecular weight is 389 g/mol. The number of halogens is 1. The molecular weight excluding hydrogens is 376 g/mol. The third-order valence-corrected chi connectivity index (χ3v) is 6.18. The van der Waals surface area contributed by atoms with Crippen molar-refractivity contribution in [2.75, 3.05) is 10.2 Å². The summed E-state index contributed by atoms with van der Waals surface area (Å²) in [7, 11) is 0. The van der Waals surface area contributed by atoms with E-state index in [9.17, 15) is 9.59 Å². The van der Waals surface area contributed by atoms with Crippen molar-refractivity contribution >= 4 is 50.9 Å². The van der Waals surface area contributed by atoms with Crippen molar-refractivity contribution in [1.82, 2.24) is 0 Å². The summed E-state index contributed by atoms with van der Waals surface area (Å²) in [4.78, 5) is 26.3. The van der Waals surface area contributed by atoms with Crippen LogP contribution in [0.1, 0.15) is 12.5 Å². The van der Waals surface area contributed by atoms with Crippen LogP contribution >= 0.6 is 27.7 Å². The van der Waals surface area contributed by atoms with Crippen LogP contribution in [0.25, 0.3) is 0 Å². The fourth-order valence-electron chi connectivity index (χ4n) is 3.15. The fourth-order valence-corrected chi connectivity index (χ4v) is 4.90. The van der Waals surface area contributed by atoms with E-state index in [1.165, 1.54) is 11.8 Å². The second kappa shape index (κ2) is 5.11. The molecule has 2 aliphatic rings. The summed E-state index contributed by atoms with van der Waals surface area (Å²) in [6, 6.07) is 15.0. The molecule has 0 bridgehead atoms. The van der Waals surface area contributed by atoms with Gasteiger partial charge in [-0.05, 0) is 37.3 Å². The van der Waals surface area contributed by atoms with Gasteiger partial charge in [-0.1, -0.05) is 34.1 Å². The number of amides is 2. The molecule has 116 valence electrons. The summed E-state index contributed by atoms with van der Waals surface area (Å²) in [5.41, 5.74) is 2.34. The lowest BCUT2D eigenvalue weighted by atomic mass is 10.0. The Kier molecular flexibility index (Phi) is 3.28. The number of nitrogens with zero attached hydrogens (tertiary/aromatic N) is 1. The molecule has 0 aromatic heterocycles. The minimum absolute atomic E-state index is 0.0517. The molecule has 0 saturated carbocycles. The Labute approximate surface area is 146 Å². The number of rotatable bonds is 1. The van der Waals surface area contributed by atoms with Crippen LogP contribution in [-0.4, -0.2) is 17.1 Å². The van der Waals surface area contributed by atoms with Gasteiger partial charge in [-0.15, -0.1) is 11.8 Å². The molecule has 6 heteroatoms. The second-order valence-electron chi connectivity index (χ2n) is 5.55. The van der Waals surface area contributed by atoms with E-state index in [2.05, 4.69) is 21.2 Å². The van der Waals surface area contributed by atoms with Gasteiger partial charge >= 0.3 is 0 Å². The molecule has 2 atom stereocenters. The topological polar surface area (TPSA) is 49.4 Å². The van der Waals surface area contributed by atoms with Gasteiger partial charge in [0.25, 0.3) is 5.91 Å². The zero-order chi connectivity index (χ0) is 16.2. The van der Waals surface area contributed by atoms with Gasteiger partial charge in [0.1, 0.15) is 0 Å². The van der Waals surface area contributed by atoms with Crippen LogP contribution in [0.4, 0.5) is 11.4 Å². The zero-order valence-corrected chi connectivity index (χ0v) is 14.6. The van der Waals surface area contributed by atoms with Crippen LogP contribution in [0.5, 0.6) is 0 Å². The number of hydrogen-bond acceptors (Lipinski definition) is 3. The van der Waals surface area contributed by atoms with Crippen LogP contribution in [-0.2, 0) is 14.5 Å². The molecule has 23 heavy (non-hydrogen) atoms. The van der Waals surface area contributed by atoms with Crippen molar-refractivity contribution in [3.05, 3.63) is 58.6 Å². The highest BCUT2D eigenvalue weighted by molar-refractivity contribution is 9.10. The van der Waals surface area contributed by atoms with Crippen LogP contribution in [0, 0.1) is 0 Å². The van der Waals surface area contributed by atoms with Crippen molar-refractivity contribution in [1.29, 1.82) is 0 Å². The molecule has 2 amide bonds. The smallest absolute Gasteiger partial charge is 0.266 e. The van der Waals surface area contributed by atoms with Gasteiger partial charge in [0.2, 0.25) is 10.8 Å². The maximum absolute atomic E-state index is 12.9. The van der Waals surface area contributed by atoms with Gasteiger partial charge in [0.15, 0.2) is 0 Å². The van der Waals surface area contributed by atoms with Gasteiger partial charge in [-0.3, -0.25) is 14.5 Å². The lowest BCUT2D eigenvalue weighted by Crippen LogP contribution is -2.47. The highest BCUT2D eigenvalue weighted by Gasteiger charge is 2.60. The summed E-state index contributed by atoms with van der Waals surface area (Å²) >= 11 is 4.80. The summed E-state index contributed by atoms with van der Waals surface area (Å²) in [6.45, 7) is 1.85. The zero-order valence-electron chi connectivity index (χ0n) is 12.2. The lowest BCUT2D eigenvalue weighted by molar-refractivity contribution is -0.122. The molecule has 1 N–H and O–H groups in total. The number of carbonyl (C=O) groups excluding carboxylic acids is 2. The molecule has 0 radical (unpaired) electrons. The van der Waals surface area contributed by atoms with E-state index in [0.717, 1.165) is 21.4 Å². The summed E-state index contributed by atoms with van der Waals surface area (Å²) < 4.78 is 0.930. The first kappa shape index (κ1) is 14.8. The maximum atomic E-state index is 12.9. The largest absolute Gasteiger partial charge is 0.323 e. The Hall–Kier alpha value is -1.79. The molecule has 1 saturated heterocycles. The van der Waals surface area contributed by atoms with Crippen LogP contribution < -0.4 is 10.2 Å². The highest BCUT2D eigenvalue weighted by Crippen LogP contribution is 2.55. The molecule has 4 rings (SSSR count). The molecule has 0 aliphatic carbocycles. The van der Waals surface area contributed by atoms with Crippen molar-refractivity contribution < 1.29 is 9.59 Å². The number of hydrogen-bond donors (Lipinski definition) is 1. The molecule has 4 nitrogen and oxygen atoms in total. The third-order valence-electron chi connectivity index (χ3n) is 4.16. The van der Waals surface area contributed by atoms with E-state index in [-0.39, 0.29) is 17.1 Å². The van der Waals surface area contributed by atoms with E-state index in [1.807, 2.05) is 55.5 Å². The summed E-state index contributed by atoms with van der Waals surface area (Å²) in [5, 5.41) is 2.64. The third kappa shape index (κ3) is 1.98. The van der Waals surface area contributed by atoms with E-state index in [4.69, 9.17) is 0 Å². The summed E-state index contributed by atoms with van der Waals surface area (Å²) in [6.07, 6.45) is 0. The number of anilines is 2. The van der Waals surface area contributed by atoms with Crippen molar-refractivity contribution in [2.45, 2.75) is 17.0 Å². The highest BCUT2D eigenvalue weighted by atomic mass is 79.9. The molecule has 1 fully saturated rings. The van der Waals surface area contributed by atoms with E-state index in [0.29, 0.717) is 0 Å². The molecule has 1 spiro atoms. The molecule has 2 unspecified atom stereocenters. The number of thioether (sulfide) groups is 1. The van der Waals surface area contributed by atoms with Gasteiger partial charge in [0.05, 0.1) is 5.25 Å². The number of para-hydroxylation sites is 1. The van der Waals surface area contributed by atoms with Crippen LogP contribution in [0.15, 0.2) is 53.0 Å². The van der Waals surface area contributed by atoms with Gasteiger partial charge in [-0.25, -0.2) is 0 Å². The fraction of sp³-hybridized carbons (Fsp3) is 0.176. The first-order valence-corrected chi connectivity index (χ1v) is 8.90. The van der Waals surface area contributed by atoms with Crippen LogP contribution in [0.2, 0.25) is 0 Å². The predicted molar refractivity (Wildman–Crippen MR) is 95.4 cm³/mol. The number of nitrogens with one attached hydrogen (secondary N) is 1. The van der Waals surface area contributed by atoms with Crippen LogP contribution in [0.3, 0.4) is 0 Å². The minimum Gasteiger partial charge on any atom is -0.323 e. The molecular formula is C17H13BrN2O2S. The number of benzene rings is 2. The molecule has 2 aromatic carbocycles. The monoisotopic (exact) mass is 388 g/mol. The Balaban J connectivity index is 1.94. The molecule has 2 aliphatic heterocycles. The maximum Gasteiger partial charge on any atom is 0.266 e. The van der Waals surface area contributed by atoms with E-state index in [1.54, 1.807) is 4.90 Å². The van der Waals surface area contributed by atoms with Crippen molar-refractivity contribution in [2.24, 2.45) is 0 Å². The second-order valence-corrected chi connectivity index (χ2v) is 8.00. The van der Waals surface area contributed by atoms with Gasteiger partial charge < -0.3 is 5.32 Å². The van der Waals surface area contributed by atoms with E-state index < -0.39 is 4.87 Å². The van der Waals surface area contributed by atoms with Gasteiger partial charge in [-0.2, -0.15) is 0 Å². The number of fused-ring (bicyclic) bond motifs is 2. The first-order valence-electron chi connectivity index (χ1n) is 7.22. The Morgan fingerprint density at radius 1 is 1.13 bits per heavy atom. The molecule has 2 aromatic rings. The standard InChI is InChI=1S/C17H13BrN2O2S/c1-10-15(21)20(12-8-6-11(18)7-9-12)17(23-10)13-4-2-3-5-14(13)19-16(17)22/h2-10H,1H3,(H,19,22). The summed E-state index contributed by atoms with van der Waals surface area (Å²) in [5.74, 6) is -0.214. The van der Waals surface area contributed by atoms with Crippen molar-refractivity contribution in [3.8, 4) is 0 Å². The Bertz CT molecular complexity index is 824. The normalized spacial score (nSPS) is 25.8. The molecule has 2 heterocycles. The van der Waals surface area contributed by atoms with Crippen molar-refractivity contribution in [3.63, 3.8) is 0 Å². The Morgan fingerprint density at radius 3 is 2.57 bits per heavy atom. The minimum atomic E-state index is -1.03. The number of carbonyl (C=O) groups is 2. The Morgan fingerprint density at radius 2 is 1.83 bits per heavy atom. The quantitative estimate of drug-likeness (QED) is 0.809.